The van der Waals surface area contributed by atoms with Crippen LogP contribution in [0.4, 0.5) is 20.2 Å². The molecule has 0 saturated heterocycles. The predicted molar refractivity (Wildman–Crippen MR) is 164 cm³/mol. The number of halogens is 3. The van der Waals surface area contributed by atoms with Crippen LogP contribution in [0.25, 0.3) is 21.8 Å². The Bertz CT molecular complexity index is 1750. The number of anilines is 2. The van der Waals surface area contributed by atoms with E-state index in [1.54, 1.807) is 18.6 Å². The predicted octanol–water partition coefficient (Wildman–Crippen LogP) is 6.33. The van der Waals surface area contributed by atoms with Crippen LogP contribution in [0.15, 0.2) is 54.6 Å². The van der Waals surface area contributed by atoms with E-state index in [9.17, 15) is 8.78 Å². The van der Waals surface area contributed by atoms with Crippen LogP contribution >= 0.6 is 11.6 Å². The minimum Gasteiger partial charge on any atom is -0.383 e. The van der Waals surface area contributed by atoms with Gasteiger partial charge in [0.25, 0.3) is 6.43 Å². The van der Waals surface area contributed by atoms with E-state index in [4.69, 9.17) is 18.0 Å². The molecule has 42 heavy (non-hydrogen) atoms. The van der Waals surface area contributed by atoms with Gasteiger partial charge in [-0.3, -0.25) is 14.7 Å². The molecule has 0 bridgehead atoms. The molecule has 0 spiro atoms. The molecule has 1 saturated carbocycles. The van der Waals surface area contributed by atoms with Gasteiger partial charge in [0, 0.05) is 48.0 Å². The number of terminal acetylenes is 1. The average molecular weight is 591 g/mol. The van der Waals surface area contributed by atoms with Gasteiger partial charge >= 0.3 is 0 Å². The fourth-order valence-corrected chi connectivity index (χ4v) is 5.66. The summed E-state index contributed by atoms with van der Waals surface area (Å²) in [7, 11) is 1.88. The Kier molecular flexibility index (Phi) is 6.90. The molecule has 8 nitrogen and oxygen atoms in total. The van der Waals surface area contributed by atoms with Gasteiger partial charge in [0.2, 0.25) is 0 Å². The first-order chi connectivity index (χ1) is 20.0. The van der Waals surface area contributed by atoms with Gasteiger partial charge < -0.3 is 16.1 Å². The van der Waals surface area contributed by atoms with Crippen molar-refractivity contribution in [3.8, 4) is 12.3 Å². The quantitative estimate of drug-likeness (QED) is 0.179. The number of nitrogens with zero attached hydrogens (tertiary/aromatic N) is 4. The molecule has 2 aromatic heterocycles. The summed E-state index contributed by atoms with van der Waals surface area (Å²) in [5, 5.41) is 15.3. The van der Waals surface area contributed by atoms with Crippen LogP contribution in [0.1, 0.15) is 50.8 Å². The number of para-hydroxylation sites is 1. The standard InChI is InChI=1S/C31H33ClF2N8/c1-6-18-14-35-26-22(25(18)36-17-30(2,3)4)12-20(13-23(26)32)38-27(21-9-7-8-19-15-37-41(5)28(19)21)24-16-42(40-39-24)31(10-11-31)29(33)34/h1,7-9,12-16,27,29,38-40H,10-11,17H2,2-5H3,(H,35,36)/t27-/m0/s1. The van der Waals surface area contributed by atoms with Crippen LogP contribution in [-0.4, -0.2) is 38.3 Å². The van der Waals surface area contributed by atoms with Crippen LogP contribution < -0.4 is 21.6 Å². The zero-order valence-electron chi connectivity index (χ0n) is 23.9. The smallest absolute Gasteiger partial charge is 0.262 e. The summed E-state index contributed by atoms with van der Waals surface area (Å²) < 4.78 is 29.7. The number of fused-ring (bicyclic) bond motifs is 2. The molecule has 11 heteroatoms. The van der Waals surface area contributed by atoms with Crippen molar-refractivity contribution in [2.45, 2.75) is 51.6 Å². The summed E-state index contributed by atoms with van der Waals surface area (Å²) in [5.41, 5.74) is 10.2. The number of hydrogen-bond donors (Lipinski definition) is 4. The molecular formula is C31H33ClF2N8. The van der Waals surface area contributed by atoms with E-state index in [0.717, 1.165) is 27.5 Å². The molecule has 2 aromatic carbocycles. The SMILES string of the molecule is C#Cc1cnc2c(Cl)cc(N[C@H](C3=CN(C4(C(F)F)CC4)NN3)c3cccc4cnn(C)c34)cc2c1NCC(C)(C)C. The van der Waals surface area contributed by atoms with Gasteiger partial charge in [-0.25, -0.2) is 8.78 Å². The van der Waals surface area contributed by atoms with Crippen LogP contribution in [0.2, 0.25) is 5.02 Å². The molecule has 3 heterocycles. The molecule has 218 valence electrons. The highest BCUT2D eigenvalue weighted by molar-refractivity contribution is 6.35. The fraction of sp³-hybridized carbons (Fsp3) is 0.355. The summed E-state index contributed by atoms with van der Waals surface area (Å²) in [5.74, 6) is 2.74. The van der Waals surface area contributed by atoms with E-state index in [1.165, 1.54) is 5.01 Å². The molecule has 4 aromatic rings. The van der Waals surface area contributed by atoms with E-state index in [-0.39, 0.29) is 5.41 Å². The Labute approximate surface area is 248 Å². The third kappa shape index (κ3) is 4.97. The molecule has 1 aliphatic carbocycles. The van der Waals surface area contributed by atoms with Crippen molar-refractivity contribution >= 4 is 44.8 Å². The van der Waals surface area contributed by atoms with E-state index < -0.39 is 18.0 Å². The normalized spacial score (nSPS) is 16.8. The molecule has 6 rings (SSSR count). The third-order valence-corrected chi connectivity index (χ3v) is 8.13. The second-order valence-corrected chi connectivity index (χ2v) is 12.6. The number of hydrazine groups is 2. The maximum absolute atomic E-state index is 14.0. The summed E-state index contributed by atoms with van der Waals surface area (Å²) in [6, 6.07) is 9.27. The van der Waals surface area contributed by atoms with Crippen LogP contribution in [0.5, 0.6) is 0 Å². The van der Waals surface area contributed by atoms with Crippen LogP contribution in [0.3, 0.4) is 0 Å². The topological polar surface area (TPSA) is 82.1 Å². The van der Waals surface area contributed by atoms with E-state index in [0.29, 0.717) is 46.9 Å². The molecule has 4 N–H and O–H groups in total. The van der Waals surface area contributed by atoms with E-state index in [2.05, 4.69) is 58.4 Å². The summed E-state index contributed by atoms with van der Waals surface area (Å²) in [6.45, 7) is 7.11. The Morgan fingerprint density at radius 3 is 2.69 bits per heavy atom. The fourth-order valence-electron chi connectivity index (χ4n) is 5.39. The first-order valence-electron chi connectivity index (χ1n) is 13.8. The minimum absolute atomic E-state index is 0.00460. The lowest BCUT2D eigenvalue weighted by molar-refractivity contribution is 0.00911. The lowest BCUT2D eigenvalue weighted by Gasteiger charge is -2.25. The number of nitrogens with one attached hydrogen (secondary N) is 4. The van der Waals surface area contributed by atoms with E-state index in [1.807, 2.05) is 42.1 Å². The first kappa shape index (κ1) is 28.1. The van der Waals surface area contributed by atoms with Gasteiger partial charge in [-0.15, -0.1) is 12.0 Å². The Hall–Kier alpha value is -4.07. The van der Waals surface area contributed by atoms with Gasteiger partial charge in [0.15, 0.2) is 0 Å². The maximum Gasteiger partial charge on any atom is 0.262 e. The third-order valence-electron chi connectivity index (χ3n) is 7.84. The zero-order chi connectivity index (χ0) is 29.8. The molecule has 1 atom stereocenters. The minimum atomic E-state index is -2.48. The van der Waals surface area contributed by atoms with Gasteiger partial charge in [0.1, 0.15) is 5.54 Å². The monoisotopic (exact) mass is 590 g/mol. The number of rotatable bonds is 8. The molecular weight excluding hydrogens is 558 g/mol. The van der Waals surface area contributed by atoms with Crippen molar-refractivity contribution in [2.75, 3.05) is 17.2 Å². The lowest BCUT2D eigenvalue weighted by Crippen LogP contribution is -2.48. The number of pyridine rings is 1. The van der Waals surface area contributed by atoms with Gasteiger partial charge in [-0.05, 0) is 30.4 Å². The Morgan fingerprint density at radius 2 is 2.00 bits per heavy atom. The van der Waals surface area contributed by atoms with E-state index >= 15 is 0 Å². The van der Waals surface area contributed by atoms with Crippen molar-refractivity contribution in [3.05, 3.63) is 70.8 Å². The summed E-state index contributed by atoms with van der Waals surface area (Å²) in [4.78, 5) is 4.55. The first-order valence-corrected chi connectivity index (χ1v) is 14.2. The molecule has 0 radical (unpaired) electrons. The zero-order valence-corrected chi connectivity index (χ0v) is 24.7. The molecule has 0 unspecified atom stereocenters. The highest BCUT2D eigenvalue weighted by atomic mass is 35.5. The van der Waals surface area contributed by atoms with Crippen molar-refractivity contribution < 1.29 is 8.78 Å². The number of aryl methyl sites for hydroxylation is 1. The average Bonchev–Trinajstić information content (AvgIpc) is 3.47. The number of alkyl halides is 2. The highest BCUT2D eigenvalue weighted by Crippen LogP contribution is 2.47. The molecule has 2 aliphatic rings. The van der Waals surface area contributed by atoms with Gasteiger partial charge in [-0.2, -0.15) is 5.10 Å². The molecule has 1 fully saturated rings. The number of hydrogen-bond acceptors (Lipinski definition) is 7. The highest BCUT2D eigenvalue weighted by Gasteiger charge is 2.56. The summed E-state index contributed by atoms with van der Waals surface area (Å²) in [6.07, 6.45) is 9.39. The van der Waals surface area contributed by atoms with Crippen LogP contribution in [-0.2, 0) is 7.05 Å². The van der Waals surface area contributed by atoms with Crippen molar-refractivity contribution in [1.29, 1.82) is 0 Å². The van der Waals surface area contributed by atoms with Crippen molar-refractivity contribution in [1.82, 2.24) is 30.7 Å². The van der Waals surface area contributed by atoms with Crippen molar-refractivity contribution in [3.63, 3.8) is 0 Å². The number of aromatic nitrogens is 3. The Morgan fingerprint density at radius 1 is 1.21 bits per heavy atom. The Balaban J connectivity index is 1.46. The van der Waals surface area contributed by atoms with Crippen LogP contribution in [0, 0.1) is 17.8 Å². The largest absolute Gasteiger partial charge is 0.383 e. The molecule has 0 amide bonds. The molecule has 1 aliphatic heterocycles. The van der Waals surface area contributed by atoms with Gasteiger partial charge in [0.05, 0.1) is 45.2 Å². The maximum atomic E-state index is 14.0. The second kappa shape index (κ2) is 10.3. The number of benzene rings is 2. The lowest BCUT2D eigenvalue weighted by atomic mass is 9.96. The van der Waals surface area contributed by atoms with Gasteiger partial charge in [-0.1, -0.05) is 56.5 Å². The summed E-state index contributed by atoms with van der Waals surface area (Å²) >= 11 is 6.81. The second-order valence-electron chi connectivity index (χ2n) is 12.2. The van der Waals surface area contributed by atoms with Crippen molar-refractivity contribution in [2.24, 2.45) is 12.5 Å².